The predicted molar refractivity (Wildman–Crippen MR) is 48.8 cm³/mol. The van der Waals surface area contributed by atoms with Gasteiger partial charge < -0.3 is 5.11 Å². The molecule has 1 aromatic rings. The van der Waals surface area contributed by atoms with Crippen molar-refractivity contribution >= 4 is 0 Å². The maximum atomic E-state index is 8.85. The zero-order valence-corrected chi connectivity index (χ0v) is 7.11. The van der Waals surface area contributed by atoms with Crippen LogP contribution in [0, 0.1) is 11.8 Å². The molecular weight excluding hydrogens is 148 g/mol. The minimum atomic E-state index is 0.373. The van der Waals surface area contributed by atoms with Crippen LogP contribution in [0.4, 0.5) is 0 Å². The molecule has 1 aromatic carbocycles. The van der Waals surface area contributed by atoms with Crippen molar-refractivity contribution in [3.05, 3.63) is 35.9 Å². The third-order valence-electron chi connectivity index (χ3n) is 2.64. The molecular formula is C11H14O. The molecule has 1 fully saturated rings. The molecule has 0 amide bonds. The van der Waals surface area contributed by atoms with E-state index in [2.05, 4.69) is 24.3 Å². The van der Waals surface area contributed by atoms with E-state index in [1.807, 2.05) is 6.07 Å². The van der Waals surface area contributed by atoms with Gasteiger partial charge in [0.25, 0.3) is 0 Å². The maximum absolute atomic E-state index is 8.85. The van der Waals surface area contributed by atoms with Crippen molar-refractivity contribution in [1.29, 1.82) is 0 Å². The summed E-state index contributed by atoms with van der Waals surface area (Å²) in [7, 11) is 0. The van der Waals surface area contributed by atoms with E-state index in [4.69, 9.17) is 5.11 Å². The summed E-state index contributed by atoms with van der Waals surface area (Å²) >= 11 is 0. The third-order valence-corrected chi connectivity index (χ3v) is 2.64. The predicted octanol–water partition coefficient (Wildman–Crippen LogP) is 1.86. The summed E-state index contributed by atoms with van der Waals surface area (Å²) in [5.74, 6) is 1.34. The lowest BCUT2D eigenvalue weighted by Crippen LogP contribution is -1.92. The fourth-order valence-corrected chi connectivity index (χ4v) is 1.70. The molecule has 0 aliphatic heterocycles. The van der Waals surface area contributed by atoms with Gasteiger partial charge in [0.1, 0.15) is 0 Å². The molecule has 64 valence electrons. The second-order valence-electron chi connectivity index (χ2n) is 3.63. The van der Waals surface area contributed by atoms with Crippen molar-refractivity contribution in [2.45, 2.75) is 12.8 Å². The highest BCUT2D eigenvalue weighted by Crippen LogP contribution is 2.40. The van der Waals surface area contributed by atoms with Crippen LogP contribution < -0.4 is 0 Å². The van der Waals surface area contributed by atoms with E-state index in [0.29, 0.717) is 12.5 Å². The molecule has 0 bridgehead atoms. The van der Waals surface area contributed by atoms with E-state index in [9.17, 15) is 0 Å². The van der Waals surface area contributed by atoms with Gasteiger partial charge in [0.15, 0.2) is 0 Å². The number of aliphatic hydroxyl groups is 1. The average Bonchev–Trinajstić information content (AvgIpc) is 2.85. The topological polar surface area (TPSA) is 20.2 Å². The van der Waals surface area contributed by atoms with Gasteiger partial charge in [-0.1, -0.05) is 30.3 Å². The van der Waals surface area contributed by atoms with Crippen LogP contribution in [0.1, 0.15) is 12.0 Å². The Labute approximate surface area is 73.0 Å². The smallest absolute Gasteiger partial charge is 0.0462 e. The summed E-state index contributed by atoms with van der Waals surface area (Å²) in [5, 5.41) is 8.85. The maximum Gasteiger partial charge on any atom is 0.0462 e. The second kappa shape index (κ2) is 3.28. The van der Waals surface area contributed by atoms with E-state index >= 15 is 0 Å². The van der Waals surface area contributed by atoms with Crippen LogP contribution in [-0.2, 0) is 6.42 Å². The zero-order chi connectivity index (χ0) is 8.39. The van der Waals surface area contributed by atoms with Gasteiger partial charge in [-0.3, -0.25) is 0 Å². The first kappa shape index (κ1) is 7.81. The van der Waals surface area contributed by atoms with Crippen molar-refractivity contribution in [3.8, 4) is 0 Å². The molecule has 1 saturated carbocycles. The monoisotopic (exact) mass is 162 g/mol. The van der Waals surface area contributed by atoms with Crippen LogP contribution in [0.2, 0.25) is 0 Å². The molecule has 1 aliphatic carbocycles. The van der Waals surface area contributed by atoms with Crippen LogP contribution in [0.3, 0.4) is 0 Å². The summed E-state index contributed by atoms with van der Waals surface area (Å²) < 4.78 is 0. The Morgan fingerprint density at radius 1 is 1.17 bits per heavy atom. The van der Waals surface area contributed by atoms with Crippen LogP contribution in [0.5, 0.6) is 0 Å². The minimum absolute atomic E-state index is 0.373. The molecule has 1 N–H and O–H groups in total. The standard InChI is InChI=1S/C11H14O/c12-8-11-7-10(11)6-9-4-2-1-3-5-9/h1-5,10-12H,6-8H2/t10-,11-/m0/s1. The molecule has 1 aliphatic rings. The molecule has 0 spiro atoms. The Kier molecular flexibility index (Phi) is 2.13. The fourth-order valence-electron chi connectivity index (χ4n) is 1.70. The Bertz CT molecular complexity index is 242. The third kappa shape index (κ3) is 1.67. The number of hydrogen-bond acceptors (Lipinski definition) is 1. The van der Waals surface area contributed by atoms with Crippen molar-refractivity contribution in [3.63, 3.8) is 0 Å². The van der Waals surface area contributed by atoms with Gasteiger partial charge >= 0.3 is 0 Å². The molecule has 12 heavy (non-hydrogen) atoms. The second-order valence-corrected chi connectivity index (χ2v) is 3.63. The van der Waals surface area contributed by atoms with E-state index in [-0.39, 0.29) is 0 Å². The van der Waals surface area contributed by atoms with Crippen molar-refractivity contribution < 1.29 is 5.11 Å². The first-order valence-electron chi connectivity index (χ1n) is 4.55. The van der Waals surface area contributed by atoms with Gasteiger partial charge in [-0.15, -0.1) is 0 Å². The zero-order valence-electron chi connectivity index (χ0n) is 7.11. The van der Waals surface area contributed by atoms with Crippen molar-refractivity contribution in [1.82, 2.24) is 0 Å². The summed E-state index contributed by atoms with van der Waals surface area (Å²) in [5.41, 5.74) is 1.40. The number of benzene rings is 1. The largest absolute Gasteiger partial charge is 0.396 e. The summed E-state index contributed by atoms with van der Waals surface area (Å²) in [6.07, 6.45) is 2.36. The van der Waals surface area contributed by atoms with Crippen LogP contribution >= 0.6 is 0 Å². The average molecular weight is 162 g/mol. The lowest BCUT2D eigenvalue weighted by Gasteiger charge is -1.98. The molecule has 1 heteroatoms. The molecule has 0 radical (unpaired) electrons. The summed E-state index contributed by atoms with van der Waals surface area (Å²) in [4.78, 5) is 0. The Morgan fingerprint density at radius 3 is 2.50 bits per heavy atom. The molecule has 0 unspecified atom stereocenters. The summed E-state index contributed by atoms with van der Waals surface area (Å²) in [6, 6.07) is 10.5. The Morgan fingerprint density at radius 2 is 1.92 bits per heavy atom. The fraction of sp³-hybridized carbons (Fsp3) is 0.455. The molecule has 2 atom stereocenters. The lowest BCUT2D eigenvalue weighted by molar-refractivity contribution is 0.268. The van der Waals surface area contributed by atoms with E-state index in [0.717, 1.165) is 12.3 Å². The molecule has 0 saturated heterocycles. The highest BCUT2D eigenvalue weighted by Gasteiger charge is 2.35. The van der Waals surface area contributed by atoms with E-state index in [1.165, 1.54) is 12.0 Å². The first-order valence-corrected chi connectivity index (χ1v) is 4.55. The molecule has 1 nitrogen and oxygen atoms in total. The molecule has 0 aromatic heterocycles. The van der Waals surface area contributed by atoms with Gasteiger partial charge in [-0.2, -0.15) is 0 Å². The van der Waals surface area contributed by atoms with Gasteiger partial charge in [0.05, 0.1) is 0 Å². The normalized spacial score (nSPS) is 27.1. The molecule has 2 rings (SSSR count). The van der Waals surface area contributed by atoms with Crippen molar-refractivity contribution in [2.75, 3.05) is 6.61 Å². The Balaban J connectivity index is 1.89. The van der Waals surface area contributed by atoms with Gasteiger partial charge in [0, 0.05) is 6.61 Å². The summed E-state index contributed by atoms with van der Waals surface area (Å²) in [6.45, 7) is 0.373. The van der Waals surface area contributed by atoms with Crippen LogP contribution in [0.25, 0.3) is 0 Å². The van der Waals surface area contributed by atoms with E-state index < -0.39 is 0 Å². The van der Waals surface area contributed by atoms with Gasteiger partial charge in [0.2, 0.25) is 0 Å². The van der Waals surface area contributed by atoms with Gasteiger partial charge in [-0.25, -0.2) is 0 Å². The highest BCUT2D eigenvalue weighted by molar-refractivity contribution is 5.16. The Hall–Kier alpha value is -0.820. The van der Waals surface area contributed by atoms with Crippen LogP contribution in [-0.4, -0.2) is 11.7 Å². The van der Waals surface area contributed by atoms with E-state index in [1.54, 1.807) is 0 Å². The SMILES string of the molecule is OC[C@@H]1C[C@@H]1Cc1ccccc1. The van der Waals surface area contributed by atoms with Crippen molar-refractivity contribution in [2.24, 2.45) is 11.8 Å². The highest BCUT2D eigenvalue weighted by atomic mass is 16.3. The van der Waals surface area contributed by atoms with Crippen LogP contribution in [0.15, 0.2) is 30.3 Å². The van der Waals surface area contributed by atoms with Gasteiger partial charge in [-0.05, 0) is 30.2 Å². The molecule has 0 heterocycles. The minimum Gasteiger partial charge on any atom is -0.396 e. The number of rotatable bonds is 3. The first-order chi connectivity index (χ1) is 5.90. The quantitative estimate of drug-likeness (QED) is 0.719. The number of hydrogen-bond donors (Lipinski definition) is 1. The number of aliphatic hydroxyl groups excluding tert-OH is 1. The lowest BCUT2D eigenvalue weighted by atomic mass is 10.1.